The first-order valence-corrected chi connectivity index (χ1v) is 7.86. The number of hydrogen-bond acceptors (Lipinski definition) is 4. The first-order chi connectivity index (χ1) is 11.5. The SMILES string of the molecule is Cc1noc(C)c1-c1cc2c(cc(C)n2C)c(-c2ccnn2C)n1. The Morgan fingerprint density at radius 1 is 1.08 bits per heavy atom. The quantitative estimate of drug-likeness (QED) is 0.566. The van der Waals surface area contributed by atoms with E-state index in [9.17, 15) is 0 Å². The van der Waals surface area contributed by atoms with Crippen molar-refractivity contribution < 1.29 is 4.52 Å². The molecule has 0 aliphatic heterocycles. The molecule has 0 aromatic carbocycles. The van der Waals surface area contributed by atoms with Crippen molar-refractivity contribution in [1.82, 2.24) is 24.5 Å². The van der Waals surface area contributed by atoms with Crippen LogP contribution in [-0.4, -0.2) is 24.5 Å². The fourth-order valence-electron chi connectivity index (χ4n) is 3.24. The Morgan fingerprint density at radius 3 is 2.50 bits per heavy atom. The van der Waals surface area contributed by atoms with Crippen molar-refractivity contribution in [2.75, 3.05) is 0 Å². The van der Waals surface area contributed by atoms with Gasteiger partial charge in [-0.05, 0) is 39.0 Å². The molecule has 24 heavy (non-hydrogen) atoms. The first-order valence-electron chi connectivity index (χ1n) is 7.86. The maximum absolute atomic E-state index is 5.34. The van der Waals surface area contributed by atoms with Crippen molar-refractivity contribution in [3.8, 4) is 22.6 Å². The summed E-state index contributed by atoms with van der Waals surface area (Å²) in [4.78, 5) is 4.95. The van der Waals surface area contributed by atoms with Crippen LogP contribution in [-0.2, 0) is 14.1 Å². The van der Waals surface area contributed by atoms with Crippen LogP contribution in [0.5, 0.6) is 0 Å². The number of pyridine rings is 1. The zero-order valence-electron chi connectivity index (χ0n) is 14.5. The van der Waals surface area contributed by atoms with Crippen molar-refractivity contribution in [3.63, 3.8) is 0 Å². The summed E-state index contributed by atoms with van der Waals surface area (Å²) in [5, 5.41) is 9.49. The Labute approximate surface area is 139 Å². The standard InChI is InChI=1S/C18H19N5O/c1-10-8-13-16(22(10)4)9-14(17-11(2)21-24-12(17)3)20-18(13)15-6-7-19-23(15)5/h6-9H,1-5H3. The topological polar surface area (TPSA) is 61.7 Å². The molecule has 0 unspecified atom stereocenters. The van der Waals surface area contributed by atoms with Gasteiger partial charge in [-0.1, -0.05) is 5.16 Å². The molecule has 0 atom stereocenters. The van der Waals surface area contributed by atoms with E-state index >= 15 is 0 Å². The van der Waals surface area contributed by atoms with Gasteiger partial charge in [0.15, 0.2) is 0 Å². The van der Waals surface area contributed by atoms with E-state index in [1.165, 1.54) is 5.69 Å². The van der Waals surface area contributed by atoms with E-state index < -0.39 is 0 Å². The lowest BCUT2D eigenvalue weighted by Crippen LogP contribution is -1.98. The lowest BCUT2D eigenvalue weighted by Gasteiger charge is -2.09. The number of nitrogens with zero attached hydrogens (tertiary/aromatic N) is 5. The Hall–Kier alpha value is -2.89. The molecule has 122 valence electrons. The minimum absolute atomic E-state index is 0.779. The minimum Gasteiger partial charge on any atom is -0.361 e. The maximum Gasteiger partial charge on any atom is 0.143 e. The molecular weight excluding hydrogens is 302 g/mol. The summed E-state index contributed by atoms with van der Waals surface area (Å²) >= 11 is 0. The Bertz CT molecular complexity index is 1050. The smallest absolute Gasteiger partial charge is 0.143 e. The number of hydrogen-bond donors (Lipinski definition) is 0. The lowest BCUT2D eigenvalue weighted by atomic mass is 10.1. The number of aryl methyl sites for hydroxylation is 5. The van der Waals surface area contributed by atoms with Crippen LogP contribution in [0.25, 0.3) is 33.5 Å². The Kier molecular flexibility index (Phi) is 3.09. The van der Waals surface area contributed by atoms with Crippen molar-refractivity contribution in [2.24, 2.45) is 14.1 Å². The van der Waals surface area contributed by atoms with Gasteiger partial charge in [0, 0.05) is 31.4 Å². The Balaban J connectivity index is 2.11. The highest BCUT2D eigenvalue weighted by molar-refractivity contribution is 5.95. The molecular formula is C18H19N5O. The van der Waals surface area contributed by atoms with Crippen molar-refractivity contribution in [1.29, 1.82) is 0 Å². The van der Waals surface area contributed by atoms with E-state index in [0.29, 0.717) is 0 Å². The van der Waals surface area contributed by atoms with Crippen LogP contribution in [0.2, 0.25) is 0 Å². The van der Waals surface area contributed by atoms with Gasteiger partial charge in [-0.2, -0.15) is 5.10 Å². The summed E-state index contributed by atoms with van der Waals surface area (Å²) in [7, 11) is 4.00. The zero-order valence-corrected chi connectivity index (χ0v) is 14.5. The average Bonchev–Trinajstić information content (AvgIpc) is 3.20. The second kappa shape index (κ2) is 5.06. The predicted molar refractivity (Wildman–Crippen MR) is 92.6 cm³/mol. The number of aromatic nitrogens is 5. The fourth-order valence-corrected chi connectivity index (χ4v) is 3.24. The van der Waals surface area contributed by atoms with Gasteiger partial charge >= 0.3 is 0 Å². The summed E-state index contributed by atoms with van der Waals surface area (Å²) in [5.74, 6) is 0.779. The summed E-state index contributed by atoms with van der Waals surface area (Å²) in [6.45, 7) is 5.96. The van der Waals surface area contributed by atoms with E-state index in [2.05, 4.69) is 40.9 Å². The van der Waals surface area contributed by atoms with Gasteiger partial charge in [0.25, 0.3) is 0 Å². The van der Waals surface area contributed by atoms with Crippen LogP contribution < -0.4 is 0 Å². The van der Waals surface area contributed by atoms with Crippen LogP contribution in [0.1, 0.15) is 17.1 Å². The van der Waals surface area contributed by atoms with Gasteiger partial charge in [-0.3, -0.25) is 4.68 Å². The normalized spacial score (nSPS) is 11.5. The third kappa shape index (κ3) is 1.99. The predicted octanol–water partition coefficient (Wildman–Crippen LogP) is 3.55. The molecule has 0 amide bonds. The molecule has 4 rings (SSSR count). The molecule has 6 heteroatoms. The van der Waals surface area contributed by atoms with E-state index in [-0.39, 0.29) is 0 Å². The molecule has 0 aliphatic rings. The van der Waals surface area contributed by atoms with Crippen LogP contribution in [0.15, 0.2) is 28.9 Å². The van der Waals surface area contributed by atoms with E-state index in [1.54, 1.807) is 6.20 Å². The van der Waals surface area contributed by atoms with Crippen LogP contribution in [0, 0.1) is 20.8 Å². The van der Waals surface area contributed by atoms with Crippen LogP contribution in [0.4, 0.5) is 0 Å². The highest BCUT2D eigenvalue weighted by Crippen LogP contribution is 2.34. The van der Waals surface area contributed by atoms with Crippen molar-refractivity contribution >= 4 is 10.9 Å². The summed E-state index contributed by atoms with van der Waals surface area (Å²) in [5.41, 5.74) is 6.90. The van der Waals surface area contributed by atoms with Crippen molar-refractivity contribution in [3.05, 3.63) is 41.5 Å². The number of fused-ring (bicyclic) bond motifs is 1. The van der Waals surface area contributed by atoms with Crippen LogP contribution >= 0.6 is 0 Å². The van der Waals surface area contributed by atoms with Crippen molar-refractivity contribution in [2.45, 2.75) is 20.8 Å². The molecule has 0 fully saturated rings. The second-order valence-corrected chi connectivity index (χ2v) is 6.17. The molecule has 0 radical (unpaired) electrons. The molecule has 6 nitrogen and oxygen atoms in total. The highest BCUT2D eigenvalue weighted by Gasteiger charge is 2.19. The van der Waals surface area contributed by atoms with Gasteiger partial charge < -0.3 is 9.09 Å². The van der Waals surface area contributed by atoms with E-state index in [4.69, 9.17) is 9.51 Å². The summed E-state index contributed by atoms with van der Waals surface area (Å²) in [6.07, 6.45) is 1.79. The molecule has 4 aromatic rings. The molecule has 4 aromatic heterocycles. The zero-order chi connectivity index (χ0) is 17.0. The van der Waals surface area contributed by atoms with Gasteiger partial charge in [0.2, 0.25) is 0 Å². The Morgan fingerprint density at radius 2 is 1.88 bits per heavy atom. The van der Waals surface area contributed by atoms with Crippen LogP contribution in [0.3, 0.4) is 0 Å². The second-order valence-electron chi connectivity index (χ2n) is 6.17. The molecule has 0 saturated heterocycles. The van der Waals surface area contributed by atoms with Gasteiger partial charge in [-0.15, -0.1) is 0 Å². The molecule has 4 heterocycles. The molecule has 0 saturated carbocycles. The van der Waals surface area contributed by atoms with Gasteiger partial charge in [0.1, 0.15) is 5.76 Å². The highest BCUT2D eigenvalue weighted by atomic mass is 16.5. The van der Waals surface area contributed by atoms with E-state index in [1.807, 2.05) is 31.6 Å². The molecule has 0 bridgehead atoms. The lowest BCUT2D eigenvalue weighted by molar-refractivity contribution is 0.393. The largest absolute Gasteiger partial charge is 0.361 e. The molecule has 0 spiro atoms. The third-order valence-corrected chi connectivity index (χ3v) is 4.63. The third-order valence-electron chi connectivity index (χ3n) is 4.63. The monoisotopic (exact) mass is 321 g/mol. The summed E-state index contributed by atoms with van der Waals surface area (Å²) in [6, 6.07) is 6.26. The van der Waals surface area contributed by atoms with Gasteiger partial charge in [0.05, 0.1) is 33.9 Å². The minimum atomic E-state index is 0.779. The first kappa shape index (κ1) is 14.7. The number of rotatable bonds is 2. The maximum atomic E-state index is 5.34. The molecule has 0 N–H and O–H groups in total. The molecule has 0 aliphatic carbocycles. The fraction of sp³-hybridized carbons (Fsp3) is 0.278. The van der Waals surface area contributed by atoms with E-state index in [0.717, 1.165) is 45.0 Å². The van der Waals surface area contributed by atoms with Gasteiger partial charge in [-0.25, -0.2) is 4.98 Å². The summed E-state index contributed by atoms with van der Waals surface area (Å²) < 4.78 is 9.36. The average molecular weight is 321 g/mol.